The third-order valence-corrected chi connectivity index (χ3v) is 3.68. The Balaban J connectivity index is 2.37. The second-order valence-corrected chi connectivity index (χ2v) is 5.13. The molecule has 0 atom stereocenters. The molecule has 1 fully saturated rings. The molecule has 1 aliphatic carbocycles. The predicted molar refractivity (Wildman–Crippen MR) is 64.8 cm³/mol. The van der Waals surface area contributed by atoms with E-state index in [4.69, 9.17) is 10.5 Å². The molecule has 82 valence electrons. The van der Waals surface area contributed by atoms with Crippen molar-refractivity contribution < 1.29 is 4.74 Å². The van der Waals surface area contributed by atoms with Gasteiger partial charge in [0.25, 0.3) is 0 Å². The lowest BCUT2D eigenvalue weighted by Crippen LogP contribution is -2.21. The summed E-state index contributed by atoms with van der Waals surface area (Å²) in [5, 5.41) is 0. The average molecular weight is 270 g/mol. The number of hydrogen-bond acceptors (Lipinski definition) is 2. The number of rotatable bonds is 4. The van der Waals surface area contributed by atoms with Gasteiger partial charge in [-0.15, -0.1) is 0 Å². The van der Waals surface area contributed by atoms with Crippen molar-refractivity contribution in [2.45, 2.75) is 24.9 Å². The standard InChI is InChI=1S/C12H16BrNO/c1-15-7-9-6-10(13)2-3-11(9)12(8-14)4-5-12/h2-3,6H,4-5,7-8,14H2,1H3. The van der Waals surface area contributed by atoms with E-state index in [0.29, 0.717) is 6.61 Å². The molecule has 15 heavy (non-hydrogen) atoms. The first-order valence-corrected chi connectivity index (χ1v) is 5.99. The van der Waals surface area contributed by atoms with Gasteiger partial charge in [-0.25, -0.2) is 0 Å². The van der Waals surface area contributed by atoms with Crippen LogP contribution in [-0.4, -0.2) is 13.7 Å². The quantitative estimate of drug-likeness (QED) is 0.912. The van der Waals surface area contributed by atoms with Crippen LogP contribution in [0.25, 0.3) is 0 Å². The number of halogens is 1. The molecular formula is C12H16BrNO. The Morgan fingerprint density at radius 1 is 1.47 bits per heavy atom. The van der Waals surface area contributed by atoms with E-state index in [0.717, 1.165) is 11.0 Å². The first kappa shape index (κ1) is 11.1. The van der Waals surface area contributed by atoms with Gasteiger partial charge in [0, 0.05) is 23.5 Å². The maximum absolute atomic E-state index is 5.85. The van der Waals surface area contributed by atoms with Gasteiger partial charge < -0.3 is 10.5 Å². The highest BCUT2D eigenvalue weighted by molar-refractivity contribution is 9.10. The van der Waals surface area contributed by atoms with Crippen molar-refractivity contribution in [3.8, 4) is 0 Å². The van der Waals surface area contributed by atoms with Crippen LogP contribution in [0.3, 0.4) is 0 Å². The smallest absolute Gasteiger partial charge is 0.0716 e. The fourth-order valence-corrected chi connectivity index (χ4v) is 2.50. The molecule has 0 radical (unpaired) electrons. The lowest BCUT2D eigenvalue weighted by atomic mass is 9.92. The summed E-state index contributed by atoms with van der Waals surface area (Å²) >= 11 is 3.49. The zero-order valence-electron chi connectivity index (χ0n) is 8.92. The average Bonchev–Trinajstić information content (AvgIpc) is 2.99. The first-order chi connectivity index (χ1) is 7.22. The zero-order valence-corrected chi connectivity index (χ0v) is 10.5. The maximum atomic E-state index is 5.85. The fraction of sp³-hybridized carbons (Fsp3) is 0.500. The molecule has 2 N–H and O–H groups in total. The molecule has 0 saturated heterocycles. The zero-order chi connectivity index (χ0) is 10.9. The largest absolute Gasteiger partial charge is 0.380 e. The monoisotopic (exact) mass is 269 g/mol. The molecule has 0 heterocycles. The minimum Gasteiger partial charge on any atom is -0.380 e. The molecule has 2 rings (SSSR count). The minimum absolute atomic E-state index is 0.245. The summed E-state index contributed by atoms with van der Waals surface area (Å²) in [6.07, 6.45) is 2.42. The van der Waals surface area contributed by atoms with Gasteiger partial charge in [0.1, 0.15) is 0 Å². The Labute approximate surface area is 98.9 Å². The van der Waals surface area contributed by atoms with E-state index < -0.39 is 0 Å². The first-order valence-electron chi connectivity index (χ1n) is 5.20. The molecule has 3 heteroatoms. The summed E-state index contributed by atoms with van der Waals surface area (Å²) in [6, 6.07) is 6.40. The number of benzene rings is 1. The highest BCUT2D eigenvalue weighted by Crippen LogP contribution is 2.48. The van der Waals surface area contributed by atoms with Crippen molar-refractivity contribution in [3.05, 3.63) is 33.8 Å². The highest BCUT2D eigenvalue weighted by Gasteiger charge is 2.44. The van der Waals surface area contributed by atoms with Crippen LogP contribution in [0.2, 0.25) is 0 Å². The van der Waals surface area contributed by atoms with Crippen LogP contribution >= 0.6 is 15.9 Å². The predicted octanol–water partition coefficient (Wildman–Crippen LogP) is 2.59. The number of hydrogen-bond donors (Lipinski definition) is 1. The van der Waals surface area contributed by atoms with Crippen molar-refractivity contribution in [2.75, 3.05) is 13.7 Å². The van der Waals surface area contributed by atoms with Crippen molar-refractivity contribution >= 4 is 15.9 Å². The molecule has 0 aromatic heterocycles. The summed E-state index contributed by atoms with van der Waals surface area (Å²) < 4.78 is 6.33. The van der Waals surface area contributed by atoms with E-state index in [2.05, 4.69) is 34.1 Å². The molecule has 0 unspecified atom stereocenters. The van der Waals surface area contributed by atoms with Gasteiger partial charge in [0.05, 0.1) is 6.61 Å². The summed E-state index contributed by atoms with van der Waals surface area (Å²) in [5.41, 5.74) is 8.73. The Bertz CT molecular complexity index is 361. The SMILES string of the molecule is COCc1cc(Br)ccc1C1(CN)CC1. The van der Waals surface area contributed by atoms with Crippen molar-refractivity contribution in [1.82, 2.24) is 0 Å². The number of nitrogens with two attached hydrogens (primary N) is 1. The Kier molecular flexibility index (Phi) is 3.14. The second kappa shape index (κ2) is 4.24. The molecule has 1 aromatic carbocycles. The molecule has 0 aliphatic heterocycles. The third kappa shape index (κ3) is 2.10. The molecular weight excluding hydrogens is 254 g/mol. The Morgan fingerprint density at radius 2 is 2.20 bits per heavy atom. The normalized spacial score (nSPS) is 17.8. The van der Waals surface area contributed by atoms with Gasteiger partial charge >= 0.3 is 0 Å². The highest BCUT2D eigenvalue weighted by atomic mass is 79.9. The summed E-state index contributed by atoms with van der Waals surface area (Å²) in [5.74, 6) is 0. The summed E-state index contributed by atoms with van der Waals surface area (Å²) in [6.45, 7) is 1.40. The second-order valence-electron chi connectivity index (χ2n) is 4.22. The molecule has 0 amide bonds. The van der Waals surface area contributed by atoms with Gasteiger partial charge in [0.15, 0.2) is 0 Å². The van der Waals surface area contributed by atoms with E-state index in [9.17, 15) is 0 Å². The van der Waals surface area contributed by atoms with Gasteiger partial charge in [-0.1, -0.05) is 22.0 Å². The lowest BCUT2D eigenvalue weighted by Gasteiger charge is -2.17. The molecule has 0 bridgehead atoms. The van der Waals surface area contributed by atoms with Gasteiger partial charge in [-0.05, 0) is 36.1 Å². The van der Waals surface area contributed by atoms with Crippen LogP contribution in [0.5, 0.6) is 0 Å². The maximum Gasteiger partial charge on any atom is 0.0716 e. The van der Waals surface area contributed by atoms with Crippen LogP contribution in [-0.2, 0) is 16.8 Å². The van der Waals surface area contributed by atoms with E-state index in [1.165, 1.54) is 24.0 Å². The van der Waals surface area contributed by atoms with Crippen molar-refractivity contribution in [3.63, 3.8) is 0 Å². The summed E-state index contributed by atoms with van der Waals surface area (Å²) in [7, 11) is 1.73. The van der Waals surface area contributed by atoms with Crippen LogP contribution in [0.4, 0.5) is 0 Å². The number of methoxy groups -OCH3 is 1. The molecule has 1 saturated carbocycles. The van der Waals surface area contributed by atoms with Crippen LogP contribution < -0.4 is 5.73 Å². The third-order valence-electron chi connectivity index (χ3n) is 3.18. The van der Waals surface area contributed by atoms with Crippen LogP contribution in [0.1, 0.15) is 24.0 Å². The summed E-state index contributed by atoms with van der Waals surface area (Å²) in [4.78, 5) is 0. The van der Waals surface area contributed by atoms with Crippen molar-refractivity contribution in [1.29, 1.82) is 0 Å². The topological polar surface area (TPSA) is 35.2 Å². The minimum atomic E-state index is 0.245. The van der Waals surface area contributed by atoms with Crippen LogP contribution in [0, 0.1) is 0 Å². The Morgan fingerprint density at radius 3 is 2.73 bits per heavy atom. The molecule has 0 spiro atoms. The molecule has 2 nitrogen and oxygen atoms in total. The number of ether oxygens (including phenoxy) is 1. The molecule has 1 aromatic rings. The van der Waals surface area contributed by atoms with E-state index in [1.54, 1.807) is 7.11 Å². The van der Waals surface area contributed by atoms with E-state index in [1.807, 2.05) is 0 Å². The molecule has 1 aliphatic rings. The van der Waals surface area contributed by atoms with Crippen molar-refractivity contribution in [2.24, 2.45) is 5.73 Å². The van der Waals surface area contributed by atoms with Crippen LogP contribution in [0.15, 0.2) is 22.7 Å². The Hall–Kier alpha value is -0.380. The van der Waals surface area contributed by atoms with E-state index >= 15 is 0 Å². The fourth-order valence-electron chi connectivity index (χ4n) is 2.09. The van der Waals surface area contributed by atoms with Gasteiger partial charge in [-0.3, -0.25) is 0 Å². The van der Waals surface area contributed by atoms with E-state index in [-0.39, 0.29) is 5.41 Å². The lowest BCUT2D eigenvalue weighted by molar-refractivity contribution is 0.183. The van der Waals surface area contributed by atoms with Gasteiger partial charge in [0.2, 0.25) is 0 Å². The van der Waals surface area contributed by atoms with Gasteiger partial charge in [-0.2, -0.15) is 0 Å².